The van der Waals surface area contributed by atoms with E-state index in [4.69, 9.17) is 4.74 Å². The highest BCUT2D eigenvalue weighted by Gasteiger charge is 2.19. The summed E-state index contributed by atoms with van der Waals surface area (Å²) in [6.07, 6.45) is 3.81. The number of methoxy groups -OCH3 is 1. The van der Waals surface area contributed by atoms with Crippen LogP contribution >= 0.6 is 11.8 Å². The second-order valence-electron chi connectivity index (χ2n) is 7.02. The Morgan fingerprint density at radius 1 is 1.03 bits per heavy atom. The number of hydrogen-bond acceptors (Lipinski definition) is 5. The first-order valence-corrected chi connectivity index (χ1v) is 10.8. The molecule has 158 valence electrons. The predicted molar refractivity (Wildman–Crippen MR) is 123 cm³/mol. The van der Waals surface area contributed by atoms with E-state index in [9.17, 15) is 4.79 Å². The van der Waals surface area contributed by atoms with Crippen LogP contribution in [0.4, 0.5) is 5.69 Å². The Morgan fingerprint density at radius 3 is 2.55 bits per heavy atom. The Kier molecular flexibility index (Phi) is 6.08. The third-order valence-electron chi connectivity index (χ3n) is 4.90. The van der Waals surface area contributed by atoms with Gasteiger partial charge < -0.3 is 10.1 Å². The summed E-state index contributed by atoms with van der Waals surface area (Å²) in [5, 5.41) is 12.3. The summed E-state index contributed by atoms with van der Waals surface area (Å²) in [5.74, 6) is 1.44. The molecular formula is C23H23N5O2S. The highest BCUT2D eigenvalue weighted by molar-refractivity contribution is 7.99. The quantitative estimate of drug-likeness (QED) is 0.437. The summed E-state index contributed by atoms with van der Waals surface area (Å²) in [4.78, 5) is 12.5. The number of amides is 1. The largest absolute Gasteiger partial charge is 0.496 e. The third-order valence-corrected chi connectivity index (χ3v) is 5.82. The fourth-order valence-corrected chi connectivity index (χ4v) is 3.90. The first-order chi connectivity index (χ1) is 15.1. The minimum atomic E-state index is -0.103. The van der Waals surface area contributed by atoms with Gasteiger partial charge in [-0.2, -0.15) is 0 Å². The molecule has 4 aromatic rings. The normalized spacial score (nSPS) is 10.8. The molecule has 0 aliphatic carbocycles. The van der Waals surface area contributed by atoms with Crippen LogP contribution in [0, 0.1) is 13.8 Å². The summed E-state index contributed by atoms with van der Waals surface area (Å²) in [7, 11) is 1.63. The molecule has 0 unspecified atom stereocenters. The Hall–Kier alpha value is -3.52. The van der Waals surface area contributed by atoms with Gasteiger partial charge in [-0.25, -0.2) is 4.68 Å². The van der Waals surface area contributed by atoms with Gasteiger partial charge in [0.25, 0.3) is 0 Å². The molecule has 0 atom stereocenters. The average Bonchev–Trinajstić information content (AvgIpc) is 3.44. The number of nitrogens with one attached hydrogen (secondary N) is 1. The molecule has 0 bridgehead atoms. The molecule has 0 fully saturated rings. The Labute approximate surface area is 185 Å². The smallest absolute Gasteiger partial charge is 0.234 e. The predicted octanol–water partition coefficient (Wildman–Crippen LogP) is 4.41. The Morgan fingerprint density at radius 2 is 1.81 bits per heavy atom. The molecular weight excluding hydrogens is 410 g/mol. The van der Waals surface area contributed by atoms with Crippen molar-refractivity contribution in [1.82, 2.24) is 19.5 Å². The van der Waals surface area contributed by atoms with E-state index in [2.05, 4.69) is 15.5 Å². The molecule has 1 N–H and O–H groups in total. The fourth-order valence-electron chi connectivity index (χ4n) is 3.17. The van der Waals surface area contributed by atoms with Crippen LogP contribution in [-0.4, -0.2) is 38.3 Å². The van der Waals surface area contributed by atoms with E-state index in [0.29, 0.717) is 16.7 Å². The van der Waals surface area contributed by atoms with Crippen LogP contribution < -0.4 is 10.1 Å². The number of rotatable bonds is 7. The van der Waals surface area contributed by atoms with E-state index >= 15 is 0 Å². The monoisotopic (exact) mass is 433 g/mol. The van der Waals surface area contributed by atoms with Crippen molar-refractivity contribution in [2.75, 3.05) is 18.2 Å². The van der Waals surface area contributed by atoms with Crippen molar-refractivity contribution < 1.29 is 9.53 Å². The van der Waals surface area contributed by atoms with Gasteiger partial charge in [0.05, 0.1) is 18.4 Å². The number of aromatic nitrogens is 4. The molecule has 0 saturated heterocycles. The van der Waals surface area contributed by atoms with Gasteiger partial charge in [0.15, 0.2) is 5.82 Å². The number of carbonyl (C=O) groups is 1. The van der Waals surface area contributed by atoms with Gasteiger partial charge >= 0.3 is 0 Å². The molecule has 4 rings (SSSR count). The van der Waals surface area contributed by atoms with Gasteiger partial charge in [0.1, 0.15) is 5.75 Å². The van der Waals surface area contributed by atoms with Crippen molar-refractivity contribution in [3.05, 3.63) is 78.1 Å². The maximum Gasteiger partial charge on any atom is 0.234 e. The average molecular weight is 434 g/mol. The van der Waals surface area contributed by atoms with E-state index in [-0.39, 0.29) is 11.7 Å². The number of anilines is 1. The topological polar surface area (TPSA) is 74.0 Å². The number of carbonyl (C=O) groups excluding carboxylic acids is 1. The molecule has 0 aliphatic heterocycles. The summed E-state index contributed by atoms with van der Waals surface area (Å²) < 4.78 is 9.25. The van der Waals surface area contributed by atoms with Crippen molar-refractivity contribution in [2.45, 2.75) is 19.0 Å². The number of hydrogen-bond donors (Lipinski definition) is 1. The number of para-hydroxylation sites is 1. The standard InChI is InChI=1S/C23H23N5O2S/c1-16-10-11-18(14-17(16)2)24-21(29)15-31-23-26-25-22(28(23)27-12-6-7-13-27)19-8-4-5-9-20(19)30-3/h4-14H,15H2,1-3H3,(H,24,29). The van der Waals surface area contributed by atoms with Crippen molar-refractivity contribution in [3.8, 4) is 17.1 Å². The minimum absolute atomic E-state index is 0.103. The molecule has 0 saturated carbocycles. The van der Waals surface area contributed by atoms with Crippen LogP contribution in [0.1, 0.15) is 11.1 Å². The van der Waals surface area contributed by atoms with Crippen LogP contribution in [0.2, 0.25) is 0 Å². The van der Waals surface area contributed by atoms with Gasteiger partial charge in [0, 0.05) is 18.1 Å². The van der Waals surface area contributed by atoms with Crippen LogP contribution in [-0.2, 0) is 4.79 Å². The van der Waals surface area contributed by atoms with Gasteiger partial charge in [-0.1, -0.05) is 30.0 Å². The van der Waals surface area contributed by atoms with Gasteiger partial charge in [-0.3, -0.25) is 9.47 Å². The number of aryl methyl sites for hydroxylation is 2. The molecule has 0 radical (unpaired) electrons. The van der Waals surface area contributed by atoms with Crippen LogP contribution in [0.25, 0.3) is 11.4 Å². The molecule has 7 nitrogen and oxygen atoms in total. The second-order valence-corrected chi connectivity index (χ2v) is 7.96. The number of ether oxygens (including phenoxy) is 1. The van der Waals surface area contributed by atoms with E-state index in [0.717, 1.165) is 16.8 Å². The van der Waals surface area contributed by atoms with Crippen LogP contribution in [0.5, 0.6) is 5.75 Å². The van der Waals surface area contributed by atoms with Gasteiger partial charge in [-0.15, -0.1) is 10.2 Å². The zero-order valence-corrected chi connectivity index (χ0v) is 18.4. The summed E-state index contributed by atoms with van der Waals surface area (Å²) in [6, 6.07) is 17.4. The maximum absolute atomic E-state index is 12.5. The summed E-state index contributed by atoms with van der Waals surface area (Å²) in [5.41, 5.74) is 3.93. The zero-order chi connectivity index (χ0) is 21.8. The molecule has 0 aliphatic rings. The van der Waals surface area contributed by atoms with Crippen molar-refractivity contribution in [2.24, 2.45) is 0 Å². The van der Waals surface area contributed by atoms with Crippen molar-refractivity contribution in [1.29, 1.82) is 0 Å². The lowest BCUT2D eigenvalue weighted by molar-refractivity contribution is -0.113. The first-order valence-electron chi connectivity index (χ1n) is 9.79. The van der Waals surface area contributed by atoms with E-state index in [1.54, 1.807) is 7.11 Å². The Bertz CT molecular complexity index is 1200. The first kappa shape index (κ1) is 20.7. The second kappa shape index (κ2) is 9.09. The lowest BCUT2D eigenvalue weighted by Gasteiger charge is -2.13. The van der Waals surface area contributed by atoms with Crippen LogP contribution in [0.15, 0.2) is 72.1 Å². The number of benzene rings is 2. The molecule has 0 spiro atoms. The highest BCUT2D eigenvalue weighted by Crippen LogP contribution is 2.31. The maximum atomic E-state index is 12.5. The van der Waals surface area contributed by atoms with E-state index < -0.39 is 0 Å². The highest BCUT2D eigenvalue weighted by atomic mass is 32.2. The Balaban J connectivity index is 1.58. The molecule has 2 aromatic carbocycles. The molecule has 8 heteroatoms. The lowest BCUT2D eigenvalue weighted by Crippen LogP contribution is -2.16. The van der Waals surface area contributed by atoms with Crippen molar-refractivity contribution in [3.63, 3.8) is 0 Å². The molecule has 2 aromatic heterocycles. The van der Waals surface area contributed by atoms with Gasteiger partial charge in [-0.05, 0) is 61.4 Å². The van der Waals surface area contributed by atoms with Gasteiger partial charge in [0.2, 0.25) is 11.1 Å². The van der Waals surface area contributed by atoms with E-state index in [1.807, 2.05) is 90.2 Å². The minimum Gasteiger partial charge on any atom is -0.496 e. The molecule has 1 amide bonds. The fraction of sp³-hybridized carbons (Fsp3) is 0.174. The number of nitrogens with zero attached hydrogens (tertiary/aromatic N) is 4. The molecule has 2 heterocycles. The zero-order valence-electron chi connectivity index (χ0n) is 17.6. The summed E-state index contributed by atoms with van der Waals surface area (Å²) >= 11 is 1.32. The summed E-state index contributed by atoms with van der Waals surface area (Å²) in [6.45, 7) is 4.07. The number of thioether (sulfide) groups is 1. The third kappa shape index (κ3) is 4.49. The van der Waals surface area contributed by atoms with E-state index in [1.165, 1.54) is 17.3 Å². The lowest BCUT2D eigenvalue weighted by atomic mass is 10.1. The van der Waals surface area contributed by atoms with Crippen molar-refractivity contribution >= 4 is 23.4 Å². The SMILES string of the molecule is COc1ccccc1-c1nnc(SCC(=O)Nc2ccc(C)c(C)c2)n1-n1cccc1. The van der Waals surface area contributed by atoms with Crippen LogP contribution in [0.3, 0.4) is 0 Å². The molecule has 31 heavy (non-hydrogen) atoms.